The van der Waals surface area contributed by atoms with Gasteiger partial charge >= 0.3 is 0 Å². The summed E-state index contributed by atoms with van der Waals surface area (Å²) in [5, 5.41) is 10.1. The van der Waals surface area contributed by atoms with Crippen molar-refractivity contribution in [2.24, 2.45) is 45.8 Å². The third-order valence-electron chi connectivity index (χ3n) is 10.6. The lowest BCUT2D eigenvalue weighted by molar-refractivity contribution is -0.142. The molecule has 176 valence electrons. The van der Waals surface area contributed by atoms with Gasteiger partial charge in [0.05, 0.1) is 12.0 Å². The van der Waals surface area contributed by atoms with Crippen LogP contribution in [0, 0.1) is 57.2 Å². The molecule has 0 bridgehead atoms. The summed E-state index contributed by atoms with van der Waals surface area (Å²) in [6, 6.07) is 2.60. The van der Waals surface area contributed by atoms with E-state index in [1.807, 2.05) is 0 Å². The summed E-state index contributed by atoms with van der Waals surface area (Å²) in [5.41, 5.74) is 4.60. The first-order chi connectivity index (χ1) is 15.0. The monoisotopic (exact) mass is 435 g/mol. The molecule has 0 saturated heterocycles. The molecule has 2 heteroatoms. The summed E-state index contributed by atoms with van der Waals surface area (Å²) < 4.78 is 0. The largest absolute Gasteiger partial charge is 0.299 e. The predicted molar refractivity (Wildman–Crippen MR) is 132 cm³/mol. The molecule has 6 atom stereocenters. The van der Waals surface area contributed by atoms with Gasteiger partial charge in [-0.05, 0) is 72.3 Å². The Morgan fingerprint density at radius 2 is 1.84 bits per heavy atom. The number of carbonyl (C=O) groups is 1. The quantitative estimate of drug-likeness (QED) is 0.438. The Morgan fingerprint density at radius 3 is 2.50 bits per heavy atom. The summed E-state index contributed by atoms with van der Waals surface area (Å²) in [4.78, 5) is 12.9. The van der Waals surface area contributed by atoms with E-state index in [0.717, 1.165) is 37.0 Å². The van der Waals surface area contributed by atoms with Gasteiger partial charge in [-0.2, -0.15) is 5.26 Å². The molecular formula is C30H45NO. The number of nitriles is 1. The highest BCUT2D eigenvalue weighted by Crippen LogP contribution is 2.67. The van der Waals surface area contributed by atoms with Crippen LogP contribution in [-0.2, 0) is 4.79 Å². The zero-order valence-electron chi connectivity index (χ0n) is 21.7. The number of allylic oxidation sites excluding steroid dienone is 4. The van der Waals surface area contributed by atoms with E-state index in [4.69, 9.17) is 0 Å². The van der Waals surface area contributed by atoms with Crippen LogP contribution in [0.2, 0.25) is 0 Å². The molecule has 4 aliphatic rings. The van der Waals surface area contributed by atoms with Crippen molar-refractivity contribution >= 4 is 5.78 Å². The van der Waals surface area contributed by atoms with Gasteiger partial charge in [0, 0.05) is 17.3 Å². The molecule has 0 aromatic heterocycles. The SMILES string of the molecule is CC(C)CCC[C@@H](C)C1CC=C2C3=C(CC[C@@]21C)[C@]1(C)C(CC3)C(C)(C)C(=O)C[C@@H]1C#N. The van der Waals surface area contributed by atoms with Crippen molar-refractivity contribution in [2.75, 3.05) is 0 Å². The summed E-state index contributed by atoms with van der Waals surface area (Å²) in [7, 11) is 0. The van der Waals surface area contributed by atoms with Crippen LogP contribution >= 0.6 is 0 Å². The fourth-order valence-electron chi connectivity index (χ4n) is 8.61. The minimum Gasteiger partial charge on any atom is -0.299 e. The maximum absolute atomic E-state index is 12.9. The van der Waals surface area contributed by atoms with E-state index in [2.05, 4.69) is 60.6 Å². The van der Waals surface area contributed by atoms with E-state index >= 15 is 0 Å². The van der Waals surface area contributed by atoms with Crippen molar-refractivity contribution in [1.29, 1.82) is 5.26 Å². The molecule has 0 heterocycles. The van der Waals surface area contributed by atoms with E-state index in [9.17, 15) is 10.1 Å². The summed E-state index contributed by atoms with van der Waals surface area (Å²) in [6.07, 6.45) is 12.7. The molecule has 2 unspecified atom stereocenters. The van der Waals surface area contributed by atoms with Crippen LogP contribution in [0.5, 0.6) is 0 Å². The van der Waals surface area contributed by atoms with E-state index in [1.165, 1.54) is 32.1 Å². The first kappa shape index (κ1) is 23.8. The number of Topliss-reactive ketones (excluding diaryl/α,β-unsaturated/α-hetero) is 1. The van der Waals surface area contributed by atoms with Crippen molar-refractivity contribution in [2.45, 2.75) is 106 Å². The topological polar surface area (TPSA) is 40.9 Å². The third-order valence-corrected chi connectivity index (χ3v) is 10.6. The van der Waals surface area contributed by atoms with Crippen LogP contribution in [0.3, 0.4) is 0 Å². The standard InChI is InChI=1S/C30H45NO/c1-19(2)9-8-10-20(3)23-12-13-24-22-11-14-26-28(4,5)27(32)17-21(18-31)30(26,7)25(22)15-16-29(23,24)6/h13,19-21,23,26H,8-12,14-17H2,1-7H3/t20-,21-,23?,26?,29-,30-/m1/s1. The maximum atomic E-state index is 12.9. The molecule has 4 aliphatic carbocycles. The minimum absolute atomic E-state index is 0.150. The number of carbonyl (C=O) groups excluding carboxylic acids is 1. The Hall–Kier alpha value is -1.36. The molecule has 2 nitrogen and oxygen atoms in total. The normalized spacial score (nSPS) is 39.2. The fraction of sp³-hybridized carbons (Fsp3) is 0.800. The van der Waals surface area contributed by atoms with Gasteiger partial charge in [-0.15, -0.1) is 0 Å². The fourth-order valence-corrected chi connectivity index (χ4v) is 8.61. The second-order valence-electron chi connectivity index (χ2n) is 13.0. The zero-order valence-corrected chi connectivity index (χ0v) is 21.7. The van der Waals surface area contributed by atoms with Crippen molar-refractivity contribution < 1.29 is 4.79 Å². The van der Waals surface area contributed by atoms with E-state index in [1.54, 1.807) is 16.7 Å². The highest BCUT2D eigenvalue weighted by Gasteiger charge is 2.61. The van der Waals surface area contributed by atoms with Crippen LogP contribution in [0.25, 0.3) is 0 Å². The van der Waals surface area contributed by atoms with Crippen LogP contribution in [0.1, 0.15) is 106 Å². The van der Waals surface area contributed by atoms with Gasteiger partial charge in [0.1, 0.15) is 5.78 Å². The van der Waals surface area contributed by atoms with Crippen molar-refractivity contribution in [3.63, 3.8) is 0 Å². The molecule has 0 aromatic rings. The molecule has 1 saturated carbocycles. The van der Waals surface area contributed by atoms with Gasteiger partial charge in [-0.1, -0.05) is 79.4 Å². The molecule has 4 rings (SSSR count). The first-order valence-corrected chi connectivity index (χ1v) is 13.3. The third kappa shape index (κ3) is 3.36. The number of ketones is 1. The predicted octanol–water partition coefficient (Wildman–Crippen LogP) is 8.05. The van der Waals surface area contributed by atoms with Gasteiger partial charge in [0.2, 0.25) is 0 Å². The summed E-state index contributed by atoms with van der Waals surface area (Å²) in [6.45, 7) is 16.4. The van der Waals surface area contributed by atoms with Crippen LogP contribution < -0.4 is 0 Å². The number of hydrogen-bond donors (Lipinski definition) is 0. The Morgan fingerprint density at radius 1 is 1.12 bits per heavy atom. The van der Waals surface area contributed by atoms with Gasteiger partial charge < -0.3 is 0 Å². The summed E-state index contributed by atoms with van der Waals surface area (Å²) in [5.74, 6) is 2.73. The second kappa shape index (κ2) is 8.14. The van der Waals surface area contributed by atoms with E-state index in [0.29, 0.717) is 17.6 Å². The van der Waals surface area contributed by atoms with Gasteiger partial charge in [0.25, 0.3) is 0 Å². The molecule has 0 radical (unpaired) electrons. The van der Waals surface area contributed by atoms with E-state index in [-0.39, 0.29) is 22.7 Å². The van der Waals surface area contributed by atoms with Crippen molar-refractivity contribution in [3.8, 4) is 6.07 Å². The molecule has 0 aliphatic heterocycles. The van der Waals surface area contributed by atoms with Crippen LogP contribution in [0.4, 0.5) is 0 Å². The minimum atomic E-state index is -0.321. The Labute approximate surface area is 196 Å². The molecule has 32 heavy (non-hydrogen) atoms. The molecule has 0 amide bonds. The molecule has 1 fully saturated rings. The average Bonchev–Trinajstić information content (AvgIpc) is 3.08. The number of fused-ring (bicyclic) bond motifs is 4. The van der Waals surface area contributed by atoms with Crippen molar-refractivity contribution in [1.82, 2.24) is 0 Å². The van der Waals surface area contributed by atoms with Gasteiger partial charge in [-0.25, -0.2) is 0 Å². The Bertz CT molecular complexity index is 883. The first-order valence-electron chi connectivity index (χ1n) is 13.3. The second-order valence-corrected chi connectivity index (χ2v) is 13.0. The lowest BCUT2D eigenvalue weighted by Gasteiger charge is -2.58. The number of rotatable bonds is 5. The van der Waals surface area contributed by atoms with Gasteiger partial charge in [-0.3, -0.25) is 4.79 Å². The zero-order chi connectivity index (χ0) is 23.5. The number of nitrogens with zero attached hydrogens (tertiary/aromatic N) is 1. The van der Waals surface area contributed by atoms with Crippen molar-refractivity contribution in [3.05, 3.63) is 22.8 Å². The van der Waals surface area contributed by atoms with Gasteiger partial charge in [0.15, 0.2) is 0 Å². The molecule has 0 aromatic carbocycles. The molecular weight excluding hydrogens is 390 g/mol. The number of hydrogen-bond acceptors (Lipinski definition) is 2. The van der Waals surface area contributed by atoms with Crippen LogP contribution in [-0.4, -0.2) is 5.78 Å². The smallest absolute Gasteiger partial charge is 0.140 e. The Kier molecular flexibility index (Phi) is 6.05. The average molecular weight is 436 g/mol. The molecule has 0 spiro atoms. The van der Waals surface area contributed by atoms with Crippen LogP contribution in [0.15, 0.2) is 22.8 Å². The summed E-state index contributed by atoms with van der Waals surface area (Å²) >= 11 is 0. The molecule has 0 N–H and O–H groups in total. The van der Waals surface area contributed by atoms with E-state index < -0.39 is 0 Å². The highest BCUT2D eigenvalue weighted by molar-refractivity contribution is 5.86. The lowest BCUT2D eigenvalue weighted by Crippen LogP contribution is -2.55. The Balaban J connectivity index is 1.65. The lowest BCUT2D eigenvalue weighted by atomic mass is 9.44. The highest BCUT2D eigenvalue weighted by atomic mass is 16.1. The maximum Gasteiger partial charge on any atom is 0.140 e.